The monoisotopic (exact) mass is 396 g/mol. The second-order valence-corrected chi connectivity index (χ2v) is 6.69. The highest BCUT2D eigenvalue weighted by atomic mass is 19.1. The van der Waals surface area contributed by atoms with Crippen LogP contribution in [0.25, 0.3) is 11.1 Å². The molecule has 0 radical (unpaired) electrons. The van der Waals surface area contributed by atoms with Crippen molar-refractivity contribution in [1.82, 2.24) is 20.1 Å². The van der Waals surface area contributed by atoms with Crippen LogP contribution < -0.4 is 5.32 Å². The SMILES string of the molecule is CC(C)OC(=O)[C@@H](Cn1cncn1)NC(=O)c1ccc(-c2ccccc2F)cc1. The van der Waals surface area contributed by atoms with Gasteiger partial charge in [-0.2, -0.15) is 5.10 Å². The van der Waals surface area contributed by atoms with Crippen LogP contribution in [0.15, 0.2) is 61.2 Å². The molecule has 150 valence electrons. The number of rotatable bonds is 7. The Morgan fingerprint density at radius 2 is 1.86 bits per heavy atom. The van der Waals surface area contributed by atoms with E-state index in [9.17, 15) is 14.0 Å². The summed E-state index contributed by atoms with van der Waals surface area (Å²) in [6.07, 6.45) is 2.47. The maximum atomic E-state index is 13.9. The highest BCUT2D eigenvalue weighted by molar-refractivity contribution is 5.97. The van der Waals surface area contributed by atoms with E-state index in [1.165, 1.54) is 23.4 Å². The Morgan fingerprint density at radius 3 is 2.48 bits per heavy atom. The van der Waals surface area contributed by atoms with Crippen molar-refractivity contribution >= 4 is 11.9 Å². The van der Waals surface area contributed by atoms with Gasteiger partial charge in [0.2, 0.25) is 0 Å². The number of benzene rings is 2. The second kappa shape index (κ2) is 9.09. The second-order valence-electron chi connectivity index (χ2n) is 6.69. The highest BCUT2D eigenvalue weighted by Gasteiger charge is 2.24. The van der Waals surface area contributed by atoms with E-state index >= 15 is 0 Å². The van der Waals surface area contributed by atoms with Crippen molar-refractivity contribution in [2.24, 2.45) is 0 Å². The first kappa shape index (κ1) is 20.2. The van der Waals surface area contributed by atoms with Crippen molar-refractivity contribution in [1.29, 1.82) is 0 Å². The van der Waals surface area contributed by atoms with Gasteiger partial charge in [-0.3, -0.25) is 9.48 Å². The molecular formula is C21H21FN4O3. The zero-order valence-electron chi connectivity index (χ0n) is 16.1. The largest absolute Gasteiger partial charge is 0.461 e. The molecule has 0 aliphatic heterocycles. The van der Waals surface area contributed by atoms with Crippen LogP contribution in [0.2, 0.25) is 0 Å². The van der Waals surface area contributed by atoms with E-state index in [0.717, 1.165) is 0 Å². The maximum absolute atomic E-state index is 13.9. The Hall–Kier alpha value is -3.55. The number of carbonyl (C=O) groups is 2. The molecule has 0 aliphatic rings. The molecule has 1 atom stereocenters. The van der Waals surface area contributed by atoms with E-state index in [0.29, 0.717) is 16.7 Å². The van der Waals surface area contributed by atoms with Gasteiger partial charge in [0, 0.05) is 11.1 Å². The van der Waals surface area contributed by atoms with E-state index in [2.05, 4.69) is 15.4 Å². The van der Waals surface area contributed by atoms with Gasteiger partial charge in [0.25, 0.3) is 5.91 Å². The molecular weight excluding hydrogens is 375 g/mol. The topological polar surface area (TPSA) is 86.1 Å². The van der Waals surface area contributed by atoms with Crippen LogP contribution in [0.4, 0.5) is 4.39 Å². The number of amides is 1. The molecule has 0 aliphatic carbocycles. The van der Waals surface area contributed by atoms with Crippen LogP contribution >= 0.6 is 0 Å². The Bertz CT molecular complexity index is 972. The summed E-state index contributed by atoms with van der Waals surface area (Å²) in [5, 5.41) is 6.63. The highest BCUT2D eigenvalue weighted by Crippen LogP contribution is 2.22. The predicted octanol–water partition coefficient (Wildman–Crippen LogP) is 2.83. The molecule has 2 aromatic carbocycles. The number of nitrogens with one attached hydrogen (secondary N) is 1. The number of esters is 1. The summed E-state index contributed by atoms with van der Waals surface area (Å²) in [5.74, 6) is -1.35. The van der Waals surface area contributed by atoms with E-state index in [1.807, 2.05) is 0 Å². The van der Waals surface area contributed by atoms with Gasteiger partial charge in [0.1, 0.15) is 24.5 Å². The summed E-state index contributed by atoms with van der Waals surface area (Å²) < 4.78 is 20.6. The summed E-state index contributed by atoms with van der Waals surface area (Å²) in [6.45, 7) is 3.55. The summed E-state index contributed by atoms with van der Waals surface area (Å²) >= 11 is 0. The standard InChI is InChI=1S/C21H21FN4O3/c1-14(2)29-21(28)19(11-26-13-23-12-24-26)25-20(27)16-9-7-15(8-10-16)17-5-3-4-6-18(17)22/h3-10,12-14,19H,11H2,1-2H3,(H,25,27)/t19-/m1/s1. The van der Waals surface area contributed by atoms with Crippen molar-refractivity contribution < 1.29 is 18.7 Å². The molecule has 0 fully saturated rings. The minimum atomic E-state index is -0.933. The lowest BCUT2D eigenvalue weighted by Crippen LogP contribution is -2.45. The fourth-order valence-electron chi connectivity index (χ4n) is 2.75. The van der Waals surface area contributed by atoms with Crippen LogP contribution in [-0.2, 0) is 16.1 Å². The van der Waals surface area contributed by atoms with Gasteiger partial charge < -0.3 is 10.1 Å². The molecule has 0 saturated carbocycles. The third kappa shape index (κ3) is 5.25. The Labute approximate surface area is 167 Å². The number of hydrogen-bond acceptors (Lipinski definition) is 5. The summed E-state index contributed by atoms with van der Waals surface area (Å²) in [7, 11) is 0. The van der Waals surface area contributed by atoms with Gasteiger partial charge in [0.15, 0.2) is 0 Å². The molecule has 1 aromatic heterocycles. The number of nitrogens with zero attached hydrogens (tertiary/aromatic N) is 3. The number of aromatic nitrogens is 3. The first-order valence-corrected chi connectivity index (χ1v) is 9.13. The molecule has 0 spiro atoms. The summed E-state index contributed by atoms with van der Waals surface area (Å²) in [5.41, 5.74) is 1.44. The van der Waals surface area contributed by atoms with Gasteiger partial charge in [-0.05, 0) is 37.6 Å². The van der Waals surface area contributed by atoms with E-state index in [-0.39, 0.29) is 18.5 Å². The lowest BCUT2D eigenvalue weighted by atomic mass is 10.0. The number of halogens is 1. The first-order chi connectivity index (χ1) is 13.9. The molecule has 0 bridgehead atoms. The predicted molar refractivity (Wildman–Crippen MR) is 104 cm³/mol. The van der Waals surface area contributed by atoms with Crippen LogP contribution in [0.3, 0.4) is 0 Å². The lowest BCUT2D eigenvalue weighted by molar-refractivity contribution is -0.150. The van der Waals surface area contributed by atoms with Crippen LogP contribution in [-0.4, -0.2) is 38.8 Å². The van der Waals surface area contributed by atoms with Crippen LogP contribution in [0, 0.1) is 5.82 Å². The van der Waals surface area contributed by atoms with E-state index < -0.39 is 17.9 Å². The Kier molecular flexibility index (Phi) is 6.33. The number of ether oxygens (including phenoxy) is 1. The minimum Gasteiger partial charge on any atom is -0.461 e. The van der Waals surface area contributed by atoms with Crippen LogP contribution in [0.5, 0.6) is 0 Å². The molecule has 1 N–H and O–H groups in total. The minimum absolute atomic E-state index is 0.0879. The third-order valence-corrected chi connectivity index (χ3v) is 4.11. The average molecular weight is 396 g/mol. The smallest absolute Gasteiger partial charge is 0.330 e. The molecule has 3 rings (SSSR count). The Balaban J connectivity index is 1.74. The summed E-state index contributed by atoms with van der Waals surface area (Å²) in [4.78, 5) is 28.9. The molecule has 1 heterocycles. The fraction of sp³-hybridized carbons (Fsp3) is 0.238. The van der Waals surface area contributed by atoms with Gasteiger partial charge in [0.05, 0.1) is 12.6 Å². The lowest BCUT2D eigenvalue weighted by Gasteiger charge is -2.19. The zero-order chi connectivity index (χ0) is 20.8. The van der Waals surface area contributed by atoms with Crippen molar-refractivity contribution in [3.8, 4) is 11.1 Å². The molecule has 3 aromatic rings. The number of hydrogen-bond donors (Lipinski definition) is 1. The maximum Gasteiger partial charge on any atom is 0.330 e. The van der Waals surface area contributed by atoms with E-state index in [1.54, 1.807) is 56.3 Å². The number of carbonyl (C=O) groups excluding carboxylic acids is 2. The van der Waals surface area contributed by atoms with E-state index in [4.69, 9.17) is 4.74 Å². The normalized spacial score (nSPS) is 11.9. The van der Waals surface area contributed by atoms with Gasteiger partial charge >= 0.3 is 5.97 Å². The summed E-state index contributed by atoms with van der Waals surface area (Å²) in [6, 6.07) is 12.0. The van der Waals surface area contributed by atoms with Crippen molar-refractivity contribution in [2.75, 3.05) is 0 Å². The first-order valence-electron chi connectivity index (χ1n) is 9.13. The molecule has 0 unspecified atom stereocenters. The molecule has 1 amide bonds. The third-order valence-electron chi connectivity index (χ3n) is 4.11. The van der Waals surface area contributed by atoms with Crippen molar-refractivity contribution in [3.05, 3.63) is 72.6 Å². The quantitative estimate of drug-likeness (QED) is 0.621. The van der Waals surface area contributed by atoms with Gasteiger partial charge in [-0.1, -0.05) is 30.3 Å². The Morgan fingerprint density at radius 1 is 1.14 bits per heavy atom. The molecule has 8 heteroatoms. The zero-order valence-corrected chi connectivity index (χ0v) is 16.1. The van der Waals surface area contributed by atoms with Crippen molar-refractivity contribution in [3.63, 3.8) is 0 Å². The fourth-order valence-corrected chi connectivity index (χ4v) is 2.75. The van der Waals surface area contributed by atoms with Crippen molar-refractivity contribution in [2.45, 2.75) is 32.5 Å². The van der Waals surface area contributed by atoms with Gasteiger partial charge in [-0.15, -0.1) is 0 Å². The van der Waals surface area contributed by atoms with Gasteiger partial charge in [-0.25, -0.2) is 14.2 Å². The average Bonchev–Trinajstić information content (AvgIpc) is 3.20. The van der Waals surface area contributed by atoms with Crippen LogP contribution in [0.1, 0.15) is 24.2 Å². The molecule has 29 heavy (non-hydrogen) atoms. The molecule has 7 nitrogen and oxygen atoms in total. The molecule has 0 saturated heterocycles.